The van der Waals surface area contributed by atoms with E-state index in [0.29, 0.717) is 40.2 Å². The summed E-state index contributed by atoms with van der Waals surface area (Å²) in [5.41, 5.74) is 0.509. The summed E-state index contributed by atoms with van der Waals surface area (Å²) in [5.74, 6) is 0.694. The molecule has 32 heavy (non-hydrogen) atoms. The molecule has 1 aromatic heterocycles. The van der Waals surface area contributed by atoms with Gasteiger partial charge in [-0.15, -0.1) is 11.3 Å². The number of sulfonamides is 1. The van der Waals surface area contributed by atoms with Gasteiger partial charge in [0, 0.05) is 18.0 Å². The molecule has 0 spiro atoms. The molecule has 168 valence electrons. The minimum Gasteiger partial charge on any atom is -0.454 e. The van der Waals surface area contributed by atoms with Crippen LogP contribution < -0.4 is 10.1 Å². The summed E-state index contributed by atoms with van der Waals surface area (Å²) < 4.78 is 33.4. The van der Waals surface area contributed by atoms with Gasteiger partial charge < -0.3 is 10.1 Å². The van der Waals surface area contributed by atoms with Crippen molar-refractivity contribution < 1.29 is 17.9 Å². The lowest BCUT2D eigenvalue weighted by molar-refractivity contribution is -0.115. The molecule has 3 aromatic rings. The molecule has 0 aliphatic carbocycles. The number of nitrogens with zero attached hydrogens (tertiary/aromatic N) is 1. The Bertz CT molecular complexity index is 1200. The fraction of sp³-hybridized carbons (Fsp3) is 0.261. The first-order chi connectivity index (χ1) is 15.4. The second-order valence-corrected chi connectivity index (χ2v) is 11.2. The molecule has 1 fully saturated rings. The first kappa shape index (κ1) is 22.8. The fourth-order valence-corrected chi connectivity index (χ4v) is 6.68. The standard InChI is InChI=1S/C23H23ClN2O4S2/c24-18-8-2-4-10-20(18)30-21-11-5-3-9-19(21)25-22(27)16-17-12-13-23(31-17)32(28,29)26-14-6-1-7-15-26/h2-5,8-13H,1,6-7,14-16H2,(H,25,27). The van der Waals surface area contributed by atoms with Gasteiger partial charge in [0.1, 0.15) is 9.96 Å². The summed E-state index contributed by atoms with van der Waals surface area (Å²) in [4.78, 5) is 13.4. The molecule has 2 aromatic carbocycles. The number of carbonyl (C=O) groups is 1. The maximum atomic E-state index is 12.8. The van der Waals surface area contributed by atoms with Gasteiger partial charge in [-0.05, 0) is 49.2 Å². The molecule has 0 unspecified atom stereocenters. The number of para-hydroxylation sites is 3. The number of thiophene rings is 1. The van der Waals surface area contributed by atoms with Gasteiger partial charge in [-0.25, -0.2) is 8.42 Å². The second kappa shape index (κ2) is 10.0. The molecule has 1 N–H and O–H groups in total. The average Bonchev–Trinajstić information content (AvgIpc) is 3.26. The SMILES string of the molecule is O=C(Cc1ccc(S(=O)(=O)N2CCCCC2)s1)Nc1ccccc1Oc1ccccc1Cl. The highest BCUT2D eigenvalue weighted by molar-refractivity contribution is 7.91. The van der Waals surface area contributed by atoms with Crippen LogP contribution >= 0.6 is 22.9 Å². The van der Waals surface area contributed by atoms with Crippen LogP contribution in [0.2, 0.25) is 5.02 Å². The van der Waals surface area contributed by atoms with E-state index < -0.39 is 10.0 Å². The molecule has 2 heterocycles. The minimum absolute atomic E-state index is 0.0701. The van der Waals surface area contributed by atoms with Gasteiger partial charge in [0.05, 0.1) is 17.1 Å². The van der Waals surface area contributed by atoms with E-state index in [0.717, 1.165) is 30.6 Å². The van der Waals surface area contributed by atoms with E-state index in [1.165, 1.54) is 4.31 Å². The number of rotatable bonds is 7. The molecule has 1 aliphatic heterocycles. The number of amides is 1. The number of nitrogens with one attached hydrogen (secondary N) is 1. The molecule has 0 saturated carbocycles. The Labute approximate surface area is 196 Å². The zero-order chi connectivity index (χ0) is 22.6. The Morgan fingerprint density at radius 2 is 1.66 bits per heavy atom. The number of hydrogen-bond donors (Lipinski definition) is 1. The van der Waals surface area contributed by atoms with Crippen molar-refractivity contribution in [3.63, 3.8) is 0 Å². The summed E-state index contributed by atoms with van der Waals surface area (Å²) in [5, 5.41) is 3.32. The van der Waals surface area contributed by atoms with Gasteiger partial charge in [-0.3, -0.25) is 4.79 Å². The molecule has 6 nitrogen and oxygen atoms in total. The van der Waals surface area contributed by atoms with Crippen LogP contribution in [0.3, 0.4) is 0 Å². The smallest absolute Gasteiger partial charge is 0.252 e. The van der Waals surface area contributed by atoms with Crippen LogP contribution in [0.5, 0.6) is 11.5 Å². The highest BCUT2D eigenvalue weighted by atomic mass is 35.5. The third-order valence-corrected chi connectivity index (χ3v) is 8.86. The quantitative estimate of drug-likeness (QED) is 0.471. The Morgan fingerprint density at radius 3 is 2.41 bits per heavy atom. The number of benzene rings is 2. The van der Waals surface area contributed by atoms with Gasteiger partial charge in [0.15, 0.2) is 5.75 Å². The predicted molar refractivity (Wildman–Crippen MR) is 127 cm³/mol. The number of piperidine rings is 1. The Kier molecular flexibility index (Phi) is 7.15. The van der Waals surface area contributed by atoms with Crippen molar-refractivity contribution in [2.24, 2.45) is 0 Å². The topological polar surface area (TPSA) is 75.7 Å². The van der Waals surface area contributed by atoms with Crippen molar-refractivity contribution in [2.75, 3.05) is 18.4 Å². The van der Waals surface area contributed by atoms with E-state index in [4.69, 9.17) is 16.3 Å². The molecule has 4 rings (SSSR count). The van der Waals surface area contributed by atoms with Crippen molar-refractivity contribution in [3.05, 3.63) is 70.6 Å². The number of hydrogen-bond acceptors (Lipinski definition) is 5. The van der Waals surface area contributed by atoms with E-state index in [9.17, 15) is 13.2 Å². The predicted octanol–water partition coefficient (Wildman–Crippen LogP) is 5.55. The van der Waals surface area contributed by atoms with Gasteiger partial charge in [-0.1, -0.05) is 42.3 Å². The summed E-state index contributed by atoms with van der Waals surface area (Å²) in [7, 11) is -3.49. The lowest BCUT2D eigenvalue weighted by Crippen LogP contribution is -2.35. The lowest BCUT2D eigenvalue weighted by atomic mass is 10.2. The molecule has 9 heteroatoms. The third-order valence-electron chi connectivity index (χ3n) is 5.10. The maximum absolute atomic E-state index is 12.8. The van der Waals surface area contributed by atoms with Crippen molar-refractivity contribution in [3.8, 4) is 11.5 Å². The van der Waals surface area contributed by atoms with Gasteiger partial charge >= 0.3 is 0 Å². The Hall–Kier alpha value is -2.39. The maximum Gasteiger partial charge on any atom is 0.252 e. The van der Waals surface area contributed by atoms with E-state index >= 15 is 0 Å². The van der Waals surface area contributed by atoms with Crippen molar-refractivity contribution in [1.82, 2.24) is 4.31 Å². The summed E-state index contributed by atoms with van der Waals surface area (Å²) in [6, 6.07) is 17.5. The van der Waals surface area contributed by atoms with Crippen LogP contribution in [0.25, 0.3) is 0 Å². The van der Waals surface area contributed by atoms with E-state index in [-0.39, 0.29) is 16.5 Å². The van der Waals surface area contributed by atoms with E-state index in [2.05, 4.69) is 5.32 Å². The highest BCUT2D eigenvalue weighted by Crippen LogP contribution is 2.33. The van der Waals surface area contributed by atoms with Crippen LogP contribution in [0, 0.1) is 0 Å². The lowest BCUT2D eigenvalue weighted by Gasteiger charge is -2.25. The van der Waals surface area contributed by atoms with E-state index in [1.54, 1.807) is 48.5 Å². The Balaban J connectivity index is 1.43. The highest BCUT2D eigenvalue weighted by Gasteiger charge is 2.27. The summed E-state index contributed by atoms with van der Waals surface area (Å²) >= 11 is 7.31. The third kappa shape index (κ3) is 5.32. The van der Waals surface area contributed by atoms with Crippen molar-refractivity contribution in [1.29, 1.82) is 0 Å². The normalized spacial score (nSPS) is 14.8. The fourth-order valence-electron chi connectivity index (χ4n) is 3.48. The van der Waals surface area contributed by atoms with Crippen LogP contribution in [0.1, 0.15) is 24.1 Å². The monoisotopic (exact) mass is 490 g/mol. The van der Waals surface area contributed by atoms with Crippen LogP contribution in [0.4, 0.5) is 5.69 Å². The van der Waals surface area contributed by atoms with Gasteiger partial charge in [0.25, 0.3) is 10.0 Å². The second-order valence-electron chi connectivity index (χ2n) is 7.44. The average molecular weight is 491 g/mol. The van der Waals surface area contributed by atoms with Crippen LogP contribution in [0.15, 0.2) is 64.9 Å². The van der Waals surface area contributed by atoms with Crippen LogP contribution in [-0.4, -0.2) is 31.7 Å². The Morgan fingerprint density at radius 1 is 0.969 bits per heavy atom. The first-order valence-corrected chi connectivity index (χ1v) is 13.0. The molecular formula is C23H23ClN2O4S2. The number of carbonyl (C=O) groups excluding carboxylic acids is 1. The number of anilines is 1. The zero-order valence-corrected chi connectivity index (χ0v) is 19.7. The first-order valence-electron chi connectivity index (χ1n) is 10.3. The summed E-state index contributed by atoms with van der Waals surface area (Å²) in [6.45, 7) is 1.11. The molecular weight excluding hydrogens is 468 g/mol. The minimum atomic E-state index is -3.49. The summed E-state index contributed by atoms with van der Waals surface area (Å²) in [6.07, 6.45) is 2.90. The van der Waals surface area contributed by atoms with Gasteiger partial charge in [-0.2, -0.15) is 4.31 Å². The molecule has 0 radical (unpaired) electrons. The molecule has 0 atom stereocenters. The molecule has 0 bridgehead atoms. The number of ether oxygens (including phenoxy) is 1. The zero-order valence-electron chi connectivity index (χ0n) is 17.3. The molecule has 1 saturated heterocycles. The van der Waals surface area contributed by atoms with Crippen LogP contribution in [-0.2, 0) is 21.2 Å². The van der Waals surface area contributed by atoms with Crippen molar-refractivity contribution in [2.45, 2.75) is 29.9 Å². The van der Waals surface area contributed by atoms with E-state index in [1.807, 2.05) is 12.1 Å². The molecule has 1 aliphatic rings. The largest absolute Gasteiger partial charge is 0.454 e. The van der Waals surface area contributed by atoms with Crippen molar-refractivity contribution >= 4 is 44.6 Å². The molecule has 1 amide bonds. The number of halogens is 1. The van der Waals surface area contributed by atoms with Gasteiger partial charge in [0.2, 0.25) is 5.91 Å².